The van der Waals surface area contributed by atoms with Crippen molar-refractivity contribution >= 4 is 10.9 Å². The molecule has 126 valence electrons. The molecule has 24 heavy (non-hydrogen) atoms. The number of benzene rings is 1. The monoisotopic (exact) mass is 323 g/mol. The molecule has 3 aromatic rings. The smallest absolute Gasteiger partial charge is 0.154 e. The van der Waals surface area contributed by atoms with Crippen LogP contribution >= 0.6 is 0 Å². The van der Waals surface area contributed by atoms with E-state index in [9.17, 15) is 0 Å². The van der Waals surface area contributed by atoms with Crippen molar-refractivity contribution in [3.63, 3.8) is 0 Å². The molecule has 0 bridgehead atoms. The number of rotatable bonds is 4. The van der Waals surface area contributed by atoms with Crippen LogP contribution in [0.2, 0.25) is 0 Å². The van der Waals surface area contributed by atoms with Crippen LogP contribution in [0.15, 0.2) is 41.1 Å². The molecule has 1 aromatic carbocycles. The van der Waals surface area contributed by atoms with Gasteiger partial charge < -0.3 is 9.09 Å². The van der Waals surface area contributed by atoms with Crippen LogP contribution in [-0.2, 0) is 6.54 Å². The Labute approximate surface area is 143 Å². The Morgan fingerprint density at radius 1 is 1.29 bits per heavy atom. The van der Waals surface area contributed by atoms with Crippen LogP contribution in [0.3, 0.4) is 0 Å². The van der Waals surface area contributed by atoms with Crippen molar-refractivity contribution in [1.29, 1.82) is 0 Å². The first-order valence-electron chi connectivity index (χ1n) is 8.89. The molecule has 0 N–H and O–H groups in total. The summed E-state index contributed by atoms with van der Waals surface area (Å²) in [6.45, 7) is 8.55. The van der Waals surface area contributed by atoms with Gasteiger partial charge in [0.2, 0.25) is 0 Å². The summed E-state index contributed by atoms with van der Waals surface area (Å²) in [6.07, 6.45) is 4.70. The highest BCUT2D eigenvalue weighted by atomic mass is 16.5. The van der Waals surface area contributed by atoms with Crippen LogP contribution < -0.4 is 0 Å². The molecule has 1 aliphatic rings. The van der Waals surface area contributed by atoms with Gasteiger partial charge in [0.25, 0.3) is 0 Å². The molecule has 3 heterocycles. The van der Waals surface area contributed by atoms with Crippen molar-refractivity contribution in [2.24, 2.45) is 0 Å². The summed E-state index contributed by atoms with van der Waals surface area (Å²) in [7, 11) is 0. The van der Waals surface area contributed by atoms with Crippen molar-refractivity contribution < 1.29 is 4.52 Å². The molecule has 1 fully saturated rings. The summed E-state index contributed by atoms with van der Waals surface area (Å²) < 4.78 is 7.93. The molecule has 0 saturated carbocycles. The van der Waals surface area contributed by atoms with Crippen LogP contribution in [0.5, 0.6) is 0 Å². The summed E-state index contributed by atoms with van der Waals surface area (Å²) in [5, 5.41) is 5.44. The zero-order valence-corrected chi connectivity index (χ0v) is 14.7. The molecule has 0 spiro atoms. The number of aryl methyl sites for hydroxylation is 1. The van der Waals surface area contributed by atoms with Gasteiger partial charge in [-0.05, 0) is 51.8 Å². The molecule has 0 aliphatic carbocycles. The Balaban J connectivity index is 1.66. The molecule has 2 aromatic heterocycles. The van der Waals surface area contributed by atoms with Crippen molar-refractivity contribution in [2.45, 2.75) is 52.2 Å². The molecular formula is C20H25N3O. The van der Waals surface area contributed by atoms with Gasteiger partial charge in [0.15, 0.2) is 5.76 Å². The minimum atomic E-state index is 0.354. The summed E-state index contributed by atoms with van der Waals surface area (Å²) in [5.41, 5.74) is 3.70. The van der Waals surface area contributed by atoms with E-state index >= 15 is 0 Å². The maximum Gasteiger partial charge on any atom is 0.154 e. The van der Waals surface area contributed by atoms with Crippen LogP contribution in [0.4, 0.5) is 0 Å². The Bertz CT molecular complexity index is 846. The molecule has 1 saturated heterocycles. The molecule has 0 radical (unpaired) electrons. The SMILES string of the molecule is Cc1cc(C2CCCN2Cc2cn(C(C)C)c3ccccc23)on1. The minimum Gasteiger partial charge on any atom is -0.359 e. The minimum absolute atomic E-state index is 0.354. The van der Waals surface area contributed by atoms with E-state index in [1.165, 1.54) is 22.9 Å². The second-order valence-electron chi connectivity index (χ2n) is 7.17. The second-order valence-corrected chi connectivity index (χ2v) is 7.17. The molecule has 1 unspecified atom stereocenters. The van der Waals surface area contributed by atoms with Gasteiger partial charge in [-0.3, -0.25) is 4.90 Å². The molecular weight excluding hydrogens is 298 g/mol. The quantitative estimate of drug-likeness (QED) is 0.688. The van der Waals surface area contributed by atoms with Crippen LogP contribution in [0.25, 0.3) is 10.9 Å². The third kappa shape index (κ3) is 2.65. The first kappa shape index (κ1) is 15.5. The van der Waals surface area contributed by atoms with Crippen molar-refractivity contribution in [3.8, 4) is 0 Å². The molecule has 4 heteroatoms. The molecule has 4 rings (SSSR count). The zero-order valence-electron chi connectivity index (χ0n) is 14.7. The molecule has 0 amide bonds. The van der Waals surface area contributed by atoms with Gasteiger partial charge in [-0.1, -0.05) is 23.4 Å². The summed E-state index contributed by atoms with van der Waals surface area (Å²) >= 11 is 0. The van der Waals surface area contributed by atoms with Crippen LogP contribution in [0, 0.1) is 6.92 Å². The van der Waals surface area contributed by atoms with Crippen LogP contribution in [-0.4, -0.2) is 21.2 Å². The first-order chi connectivity index (χ1) is 11.6. The lowest BCUT2D eigenvalue weighted by Gasteiger charge is -2.22. The lowest BCUT2D eigenvalue weighted by Crippen LogP contribution is -2.22. The van der Waals surface area contributed by atoms with Gasteiger partial charge in [0.1, 0.15) is 0 Å². The highest BCUT2D eigenvalue weighted by Gasteiger charge is 2.29. The first-order valence-corrected chi connectivity index (χ1v) is 8.89. The Hall–Kier alpha value is -2.07. The summed E-state index contributed by atoms with van der Waals surface area (Å²) in [6, 6.07) is 11.6. The van der Waals surface area contributed by atoms with E-state index in [1.807, 2.05) is 6.92 Å². The average molecular weight is 323 g/mol. The number of hydrogen-bond donors (Lipinski definition) is 0. The van der Waals surface area contributed by atoms with Gasteiger partial charge in [0.05, 0.1) is 11.7 Å². The lowest BCUT2D eigenvalue weighted by atomic mass is 10.1. The predicted octanol–water partition coefficient (Wildman–Crippen LogP) is 4.86. The van der Waals surface area contributed by atoms with E-state index in [4.69, 9.17) is 4.52 Å². The lowest BCUT2D eigenvalue weighted by molar-refractivity contribution is 0.207. The van der Waals surface area contributed by atoms with Gasteiger partial charge in [0, 0.05) is 35.8 Å². The Morgan fingerprint density at radius 3 is 2.88 bits per heavy atom. The normalized spacial score (nSPS) is 18.9. The van der Waals surface area contributed by atoms with E-state index in [0.29, 0.717) is 12.1 Å². The largest absolute Gasteiger partial charge is 0.359 e. The highest BCUT2D eigenvalue weighted by Crippen LogP contribution is 2.35. The fraction of sp³-hybridized carbons (Fsp3) is 0.450. The molecule has 1 atom stereocenters. The van der Waals surface area contributed by atoms with E-state index in [0.717, 1.165) is 31.0 Å². The van der Waals surface area contributed by atoms with Crippen molar-refractivity contribution in [3.05, 3.63) is 53.5 Å². The number of fused-ring (bicyclic) bond motifs is 1. The number of para-hydroxylation sites is 1. The van der Waals surface area contributed by atoms with Crippen molar-refractivity contribution in [1.82, 2.24) is 14.6 Å². The van der Waals surface area contributed by atoms with E-state index < -0.39 is 0 Å². The van der Waals surface area contributed by atoms with E-state index in [-0.39, 0.29) is 0 Å². The number of hydrogen-bond acceptors (Lipinski definition) is 3. The zero-order chi connectivity index (χ0) is 16.7. The molecule has 4 nitrogen and oxygen atoms in total. The Kier molecular flexibility index (Phi) is 3.93. The third-order valence-corrected chi connectivity index (χ3v) is 5.09. The fourth-order valence-electron chi connectivity index (χ4n) is 3.93. The number of nitrogens with zero attached hydrogens (tertiary/aromatic N) is 3. The summed E-state index contributed by atoms with van der Waals surface area (Å²) in [4.78, 5) is 2.53. The van der Waals surface area contributed by atoms with Gasteiger partial charge in [-0.15, -0.1) is 0 Å². The van der Waals surface area contributed by atoms with Crippen molar-refractivity contribution in [2.75, 3.05) is 6.54 Å². The predicted molar refractivity (Wildman–Crippen MR) is 95.9 cm³/mol. The highest BCUT2D eigenvalue weighted by molar-refractivity contribution is 5.84. The van der Waals surface area contributed by atoms with Gasteiger partial charge >= 0.3 is 0 Å². The second kappa shape index (κ2) is 6.10. The average Bonchev–Trinajstić information content (AvgIpc) is 3.27. The Morgan fingerprint density at radius 2 is 2.12 bits per heavy atom. The van der Waals surface area contributed by atoms with Crippen LogP contribution in [0.1, 0.15) is 55.8 Å². The summed E-state index contributed by atoms with van der Waals surface area (Å²) in [5.74, 6) is 1.01. The standard InChI is InChI=1S/C20H25N3O/c1-14(2)23-13-16(17-7-4-5-8-18(17)23)12-22-10-6-9-19(22)20-11-15(3)21-24-20/h4-5,7-8,11,13-14,19H,6,9-10,12H2,1-3H3. The van der Waals surface area contributed by atoms with Gasteiger partial charge in [-0.25, -0.2) is 0 Å². The maximum atomic E-state index is 5.55. The third-order valence-electron chi connectivity index (χ3n) is 5.09. The number of likely N-dealkylation sites (tertiary alicyclic amines) is 1. The number of aromatic nitrogens is 2. The maximum absolute atomic E-state index is 5.55. The molecule has 1 aliphatic heterocycles. The topological polar surface area (TPSA) is 34.2 Å². The van der Waals surface area contributed by atoms with E-state index in [2.05, 4.69) is 65.0 Å². The van der Waals surface area contributed by atoms with Gasteiger partial charge in [-0.2, -0.15) is 0 Å². The van der Waals surface area contributed by atoms with E-state index in [1.54, 1.807) is 0 Å². The fourth-order valence-corrected chi connectivity index (χ4v) is 3.93.